The lowest BCUT2D eigenvalue weighted by Gasteiger charge is -2.30. The van der Waals surface area contributed by atoms with E-state index in [1.807, 2.05) is 59.5 Å². The van der Waals surface area contributed by atoms with Gasteiger partial charge in [-0.05, 0) is 94.0 Å². The largest absolute Gasteiger partial charge is 0.497 e. The third-order valence-electron chi connectivity index (χ3n) is 9.81. The Bertz CT molecular complexity index is 1810. The van der Waals surface area contributed by atoms with Crippen molar-refractivity contribution in [3.63, 3.8) is 0 Å². The van der Waals surface area contributed by atoms with Crippen molar-refractivity contribution >= 4 is 52.3 Å². The number of benzene rings is 2. The van der Waals surface area contributed by atoms with Gasteiger partial charge in [0.05, 0.1) is 19.1 Å². The highest BCUT2D eigenvalue weighted by Gasteiger charge is 2.48. The molecule has 3 aromatic rings. The number of nitrogens with one attached hydrogen (secondary N) is 2. The lowest BCUT2D eigenvalue weighted by atomic mass is 9.94. The van der Waals surface area contributed by atoms with E-state index in [4.69, 9.17) is 30.8 Å². The van der Waals surface area contributed by atoms with E-state index in [1.165, 1.54) is 24.6 Å². The molecular weight excluding hydrogens is 699 g/mol. The number of ether oxygens (including phenoxy) is 3. The van der Waals surface area contributed by atoms with Gasteiger partial charge in [-0.25, -0.2) is 4.79 Å². The van der Waals surface area contributed by atoms with Crippen LogP contribution >= 0.6 is 24.0 Å². The second-order valence-electron chi connectivity index (χ2n) is 14.7. The summed E-state index contributed by atoms with van der Waals surface area (Å²) < 4.78 is 23.5. The van der Waals surface area contributed by atoms with Crippen molar-refractivity contribution in [1.82, 2.24) is 15.5 Å². The van der Waals surface area contributed by atoms with Gasteiger partial charge in [-0.3, -0.25) is 14.5 Å². The van der Waals surface area contributed by atoms with Crippen LogP contribution in [0, 0.1) is 11.8 Å². The Morgan fingerprint density at radius 3 is 2.42 bits per heavy atom. The minimum absolute atomic E-state index is 0.0614. The van der Waals surface area contributed by atoms with Crippen LogP contribution in [-0.2, 0) is 27.2 Å². The van der Waals surface area contributed by atoms with E-state index >= 15 is 0 Å². The Labute approximate surface area is 315 Å². The molecule has 4 unspecified atom stereocenters. The fraction of sp³-hybridized carbons (Fsp3) is 0.450. The predicted octanol–water partition coefficient (Wildman–Crippen LogP) is 7.54. The Kier molecular flexibility index (Phi) is 11.6. The van der Waals surface area contributed by atoms with E-state index in [1.54, 1.807) is 41.1 Å². The summed E-state index contributed by atoms with van der Waals surface area (Å²) in [5, 5.41) is 5.74. The summed E-state index contributed by atoms with van der Waals surface area (Å²) >= 11 is 7.08. The average Bonchev–Trinajstić information content (AvgIpc) is 3.90. The molecule has 12 heteroatoms. The SMILES string of the molecule is COc1cc(OC)cc(-c2cc(CCCNC(=O)C(Cc3ccccc3)NC(=O)OC(C)(C)C)c(C=C3SC(=S)N(C4CC5CCC4C5)C3=O)o2)c1. The molecule has 0 spiro atoms. The van der Waals surface area contributed by atoms with Crippen LogP contribution < -0.4 is 20.1 Å². The second kappa shape index (κ2) is 16.2. The van der Waals surface area contributed by atoms with Crippen LogP contribution in [0.1, 0.15) is 69.8 Å². The molecule has 3 aliphatic rings. The number of amides is 3. The van der Waals surface area contributed by atoms with Gasteiger partial charge in [-0.15, -0.1) is 0 Å². The highest BCUT2D eigenvalue weighted by molar-refractivity contribution is 8.26. The van der Waals surface area contributed by atoms with E-state index in [2.05, 4.69) is 10.6 Å². The number of thiocarbonyl (C=S) groups is 1. The maximum absolute atomic E-state index is 13.8. The highest BCUT2D eigenvalue weighted by Crippen LogP contribution is 2.49. The molecule has 2 N–H and O–H groups in total. The van der Waals surface area contributed by atoms with Crippen molar-refractivity contribution in [1.29, 1.82) is 0 Å². The molecule has 2 saturated carbocycles. The number of fused-ring (bicyclic) bond motifs is 2. The molecule has 3 fully saturated rings. The number of hydrogen-bond donors (Lipinski definition) is 2. The van der Waals surface area contributed by atoms with Gasteiger partial charge in [0.25, 0.3) is 5.91 Å². The molecule has 2 bridgehead atoms. The lowest BCUT2D eigenvalue weighted by molar-refractivity contribution is -0.124. The molecule has 1 aliphatic heterocycles. The number of nitrogens with zero attached hydrogens (tertiary/aromatic N) is 1. The quantitative estimate of drug-likeness (QED) is 0.104. The minimum atomic E-state index is -0.826. The molecule has 2 aliphatic carbocycles. The molecule has 1 saturated heterocycles. The van der Waals surface area contributed by atoms with Crippen molar-refractivity contribution in [3.05, 3.63) is 76.4 Å². The third-order valence-corrected chi connectivity index (χ3v) is 11.1. The number of alkyl carbamates (subject to hydrolysis) is 1. The Balaban J connectivity index is 1.19. The van der Waals surface area contributed by atoms with Crippen molar-refractivity contribution in [3.8, 4) is 22.8 Å². The van der Waals surface area contributed by atoms with Gasteiger partial charge in [0, 0.05) is 36.7 Å². The van der Waals surface area contributed by atoms with Gasteiger partial charge in [0.2, 0.25) is 5.91 Å². The maximum Gasteiger partial charge on any atom is 0.408 e. The fourth-order valence-electron chi connectivity index (χ4n) is 7.39. The topological polar surface area (TPSA) is 119 Å². The number of rotatable bonds is 13. The number of carbonyl (C=O) groups excluding carboxylic acids is 3. The second-order valence-corrected chi connectivity index (χ2v) is 16.4. The van der Waals surface area contributed by atoms with Gasteiger partial charge < -0.3 is 29.3 Å². The number of methoxy groups -OCH3 is 2. The number of furan rings is 1. The van der Waals surface area contributed by atoms with E-state index in [-0.39, 0.29) is 17.9 Å². The summed E-state index contributed by atoms with van der Waals surface area (Å²) in [5.41, 5.74) is 1.85. The first-order valence-corrected chi connectivity index (χ1v) is 19.1. The first kappa shape index (κ1) is 37.5. The zero-order valence-corrected chi connectivity index (χ0v) is 32.0. The Morgan fingerprint density at radius 2 is 1.79 bits per heavy atom. The summed E-state index contributed by atoms with van der Waals surface area (Å²) in [4.78, 5) is 42.3. The van der Waals surface area contributed by atoms with E-state index in [0.29, 0.717) is 69.9 Å². The summed E-state index contributed by atoms with van der Waals surface area (Å²) in [6.07, 6.45) is 7.18. The third kappa shape index (κ3) is 9.01. The Morgan fingerprint density at radius 1 is 1.06 bits per heavy atom. The smallest absolute Gasteiger partial charge is 0.408 e. The predicted molar refractivity (Wildman–Crippen MR) is 206 cm³/mol. The molecule has 3 amide bonds. The summed E-state index contributed by atoms with van der Waals surface area (Å²) in [5.74, 6) is 3.22. The van der Waals surface area contributed by atoms with Crippen molar-refractivity contribution < 1.29 is 33.0 Å². The number of thioether (sulfide) groups is 1. The molecular formula is C40H47N3O7S2. The molecule has 52 heavy (non-hydrogen) atoms. The van der Waals surface area contributed by atoms with Gasteiger partial charge in [0.1, 0.15) is 39.0 Å². The molecule has 4 atom stereocenters. The van der Waals surface area contributed by atoms with E-state index < -0.39 is 17.7 Å². The first-order chi connectivity index (χ1) is 24.9. The molecule has 0 radical (unpaired) electrons. The van der Waals surface area contributed by atoms with Gasteiger partial charge in [-0.2, -0.15) is 0 Å². The van der Waals surface area contributed by atoms with Crippen LogP contribution in [0.5, 0.6) is 11.5 Å². The normalized spacial score (nSPS) is 21.1. The maximum atomic E-state index is 13.8. The molecule has 6 rings (SSSR count). The monoisotopic (exact) mass is 745 g/mol. The molecule has 10 nitrogen and oxygen atoms in total. The van der Waals surface area contributed by atoms with Crippen LogP contribution in [0.15, 0.2) is 63.9 Å². The van der Waals surface area contributed by atoms with Crippen LogP contribution in [-0.4, -0.2) is 65.6 Å². The Hall–Kier alpha value is -4.29. The molecule has 2 heterocycles. The van der Waals surface area contributed by atoms with Crippen molar-refractivity contribution in [2.24, 2.45) is 11.8 Å². The number of aryl methyl sites for hydroxylation is 1. The van der Waals surface area contributed by atoms with Crippen LogP contribution in [0.2, 0.25) is 0 Å². The number of carbonyl (C=O) groups is 3. The first-order valence-electron chi connectivity index (χ1n) is 17.8. The lowest BCUT2D eigenvalue weighted by Crippen LogP contribution is -2.49. The van der Waals surface area contributed by atoms with Gasteiger partial charge >= 0.3 is 6.09 Å². The van der Waals surface area contributed by atoms with Crippen LogP contribution in [0.3, 0.4) is 0 Å². The number of hydrogen-bond acceptors (Lipinski definition) is 9. The summed E-state index contributed by atoms with van der Waals surface area (Å²) in [7, 11) is 3.19. The van der Waals surface area contributed by atoms with Crippen molar-refractivity contribution in [2.75, 3.05) is 20.8 Å². The van der Waals surface area contributed by atoms with Crippen LogP contribution in [0.25, 0.3) is 17.4 Å². The van der Waals surface area contributed by atoms with E-state index in [9.17, 15) is 14.4 Å². The van der Waals surface area contributed by atoms with E-state index in [0.717, 1.165) is 29.5 Å². The molecule has 2 aromatic carbocycles. The van der Waals surface area contributed by atoms with Crippen molar-refractivity contribution in [2.45, 2.75) is 83.4 Å². The van der Waals surface area contributed by atoms with Crippen LogP contribution in [0.4, 0.5) is 4.79 Å². The molecule has 276 valence electrons. The standard InChI is InChI=1S/C40H47N3O7S2/c1-40(2,3)50-38(46)42-31(17-24-10-7-6-8-11-24)36(44)41-15-9-12-27-21-33(28-19-29(47-4)22-30(20-28)48-5)49-34(27)23-35-37(45)43(39(51)52-35)32-18-25-13-14-26(32)16-25/h6-8,10-11,19-23,25-26,31-32H,9,12-18H2,1-5H3,(H,41,44)(H,42,46). The minimum Gasteiger partial charge on any atom is -0.497 e. The summed E-state index contributed by atoms with van der Waals surface area (Å²) in [6.45, 7) is 5.68. The zero-order chi connectivity index (χ0) is 37.0. The molecule has 1 aromatic heterocycles. The zero-order valence-electron chi connectivity index (χ0n) is 30.4. The van der Waals surface area contributed by atoms with Gasteiger partial charge in [0.15, 0.2) is 0 Å². The highest BCUT2D eigenvalue weighted by atomic mass is 32.2. The average molecular weight is 746 g/mol. The van der Waals surface area contributed by atoms with Gasteiger partial charge in [-0.1, -0.05) is 60.7 Å². The summed E-state index contributed by atoms with van der Waals surface area (Å²) in [6, 6.07) is 16.4. The fourth-order valence-corrected chi connectivity index (χ4v) is 8.73.